The zero-order valence-electron chi connectivity index (χ0n) is 16.1. The van der Waals surface area contributed by atoms with Crippen LogP contribution in [0.1, 0.15) is 42.2 Å². The van der Waals surface area contributed by atoms with E-state index < -0.39 is 47.1 Å². The van der Waals surface area contributed by atoms with Crippen molar-refractivity contribution >= 4 is 16.7 Å². The molecule has 1 aromatic carbocycles. The van der Waals surface area contributed by atoms with Gasteiger partial charge in [-0.05, 0) is 19.8 Å². The first-order chi connectivity index (χ1) is 14.7. The molecule has 1 fully saturated rings. The first kappa shape index (κ1) is 21.2. The summed E-state index contributed by atoms with van der Waals surface area (Å²) in [4.78, 5) is 20.6. The fourth-order valence-electron chi connectivity index (χ4n) is 3.58. The number of halogens is 5. The van der Waals surface area contributed by atoms with E-state index in [0.29, 0.717) is 0 Å². The summed E-state index contributed by atoms with van der Waals surface area (Å²) in [6.07, 6.45) is -5.10. The van der Waals surface area contributed by atoms with Crippen LogP contribution in [0.25, 0.3) is 10.9 Å². The van der Waals surface area contributed by atoms with Crippen LogP contribution in [-0.4, -0.2) is 26.1 Å². The summed E-state index contributed by atoms with van der Waals surface area (Å²) in [5, 5.41) is 13.1. The van der Waals surface area contributed by atoms with E-state index in [-0.39, 0.29) is 35.1 Å². The number of hydrogen-bond donors (Lipinski definition) is 2. The van der Waals surface area contributed by atoms with Crippen molar-refractivity contribution in [1.82, 2.24) is 14.5 Å². The number of pyridine rings is 1. The van der Waals surface area contributed by atoms with Gasteiger partial charge in [0.15, 0.2) is 6.23 Å². The molecule has 0 unspecified atom stereocenters. The molecule has 6 nitrogen and oxygen atoms in total. The second-order valence-corrected chi connectivity index (χ2v) is 7.42. The van der Waals surface area contributed by atoms with Crippen molar-refractivity contribution in [2.45, 2.75) is 44.4 Å². The number of nitrogens with zero attached hydrogens (tertiary/aromatic N) is 3. The Labute approximate surface area is 172 Å². The van der Waals surface area contributed by atoms with Gasteiger partial charge in [-0.2, -0.15) is 0 Å². The van der Waals surface area contributed by atoms with Crippen LogP contribution < -0.4 is 10.9 Å². The molecular weight excluding hydrogens is 423 g/mol. The number of alkyl halides is 4. The molecule has 2 aromatic heterocycles. The summed E-state index contributed by atoms with van der Waals surface area (Å²) in [6, 6.07) is 3.20. The lowest BCUT2D eigenvalue weighted by Gasteiger charge is -2.21. The number of aliphatic hydroxyl groups is 1. The lowest BCUT2D eigenvalue weighted by Crippen LogP contribution is -2.36. The Hall–Kier alpha value is -3.08. The maximum absolute atomic E-state index is 14.4. The van der Waals surface area contributed by atoms with E-state index in [1.165, 1.54) is 19.2 Å². The van der Waals surface area contributed by atoms with Crippen LogP contribution in [0.15, 0.2) is 35.5 Å². The Kier molecular flexibility index (Phi) is 5.16. The second kappa shape index (κ2) is 7.56. The lowest BCUT2D eigenvalue weighted by molar-refractivity contribution is 0.0653. The summed E-state index contributed by atoms with van der Waals surface area (Å²) in [5.74, 6) is -1.35. The van der Waals surface area contributed by atoms with Gasteiger partial charge in [-0.25, -0.2) is 31.9 Å². The minimum Gasteiger partial charge on any atom is -0.369 e. The Balaban J connectivity index is 1.80. The van der Waals surface area contributed by atoms with E-state index in [9.17, 15) is 31.9 Å². The van der Waals surface area contributed by atoms with Crippen molar-refractivity contribution in [3.63, 3.8) is 0 Å². The fourth-order valence-corrected chi connectivity index (χ4v) is 3.58. The predicted molar refractivity (Wildman–Crippen MR) is 102 cm³/mol. The zero-order chi connectivity index (χ0) is 22.5. The molecule has 3 aromatic rings. The summed E-state index contributed by atoms with van der Waals surface area (Å²) >= 11 is 0. The molecular formula is C20H17F5N4O2. The van der Waals surface area contributed by atoms with Gasteiger partial charge in [-0.1, -0.05) is 18.2 Å². The van der Waals surface area contributed by atoms with E-state index in [1.807, 2.05) is 0 Å². The minimum atomic E-state index is -3.08. The molecule has 1 atom stereocenters. The molecule has 1 saturated carbocycles. The van der Waals surface area contributed by atoms with Gasteiger partial charge < -0.3 is 15.0 Å². The van der Waals surface area contributed by atoms with E-state index in [4.69, 9.17) is 0 Å². The highest BCUT2D eigenvalue weighted by Crippen LogP contribution is 2.48. The molecule has 0 saturated heterocycles. The van der Waals surface area contributed by atoms with E-state index >= 15 is 0 Å². The maximum Gasteiger partial charge on any atom is 0.266 e. The van der Waals surface area contributed by atoms with E-state index in [0.717, 1.165) is 23.0 Å². The van der Waals surface area contributed by atoms with Crippen LogP contribution in [0.5, 0.6) is 0 Å². The molecule has 0 aliphatic heterocycles. The van der Waals surface area contributed by atoms with Crippen molar-refractivity contribution < 1.29 is 27.1 Å². The van der Waals surface area contributed by atoms with E-state index in [2.05, 4.69) is 15.3 Å². The first-order valence-corrected chi connectivity index (χ1v) is 9.34. The second-order valence-electron chi connectivity index (χ2n) is 7.42. The SMILES string of the molecule is Cc1c(=O)n(C2(C(F)F)CC2)cc2c(N[C@H](O)c3cccc(C(F)F)c3F)ncnc12. The van der Waals surface area contributed by atoms with Crippen molar-refractivity contribution in [3.05, 3.63) is 63.6 Å². The number of nitrogens with one attached hydrogen (secondary N) is 1. The van der Waals surface area contributed by atoms with Gasteiger partial charge in [-0.15, -0.1) is 0 Å². The standard InChI is InChI=1S/C20H17F5N4O2/c1-9-14-12(7-29(18(9)31)20(5-6-20)19(24)25)16(27-8-26-14)28-17(30)11-4-2-3-10(13(11)21)15(22)23/h2-4,7-8,15,17,19,30H,5-6H2,1H3,(H,26,27,28)/t17-/m1/s1. The zero-order valence-corrected chi connectivity index (χ0v) is 16.1. The summed E-state index contributed by atoms with van der Waals surface area (Å²) < 4.78 is 68.5. The minimum absolute atomic E-state index is 0.0683. The third-order valence-electron chi connectivity index (χ3n) is 5.55. The molecule has 0 bridgehead atoms. The highest BCUT2D eigenvalue weighted by atomic mass is 19.3. The number of hydrogen-bond acceptors (Lipinski definition) is 5. The van der Waals surface area contributed by atoms with Crippen molar-refractivity contribution in [2.24, 2.45) is 0 Å². The number of aliphatic hydroxyl groups excluding tert-OH is 1. The quantitative estimate of drug-likeness (QED) is 0.447. The molecule has 4 rings (SSSR count). The molecule has 2 heterocycles. The molecule has 1 aliphatic rings. The van der Waals surface area contributed by atoms with Crippen molar-refractivity contribution in [2.75, 3.05) is 5.32 Å². The molecule has 0 spiro atoms. The van der Waals surface area contributed by atoms with Gasteiger partial charge in [0.2, 0.25) is 0 Å². The van der Waals surface area contributed by atoms with Crippen molar-refractivity contribution in [1.29, 1.82) is 0 Å². The Morgan fingerprint density at radius 3 is 2.45 bits per heavy atom. The number of rotatable bonds is 6. The summed E-state index contributed by atoms with van der Waals surface area (Å²) in [7, 11) is 0. The van der Waals surface area contributed by atoms with Gasteiger partial charge in [0.05, 0.1) is 16.5 Å². The van der Waals surface area contributed by atoms with Gasteiger partial charge in [0.25, 0.3) is 18.4 Å². The molecule has 11 heteroatoms. The number of aromatic nitrogens is 3. The normalized spacial score (nSPS) is 16.2. The largest absolute Gasteiger partial charge is 0.369 e. The highest BCUT2D eigenvalue weighted by Gasteiger charge is 2.53. The van der Waals surface area contributed by atoms with Gasteiger partial charge in [0.1, 0.15) is 23.5 Å². The first-order valence-electron chi connectivity index (χ1n) is 9.34. The monoisotopic (exact) mass is 440 g/mol. The molecule has 0 amide bonds. The average molecular weight is 440 g/mol. The van der Waals surface area contributed by atoms with Crippen LogP contribution in [0.3, 0.4) is 0 Å². The van der Waals surface area contributed by atoms with Crippen LogP contribution in [-0.2, 0) is 5.54 Å². The molecule has 2 N–H and O–H groups in total. The predicted octanol–water partition coefficient (Wildman–Crippen LogP) is 4.03. The third-order valence-corrected chi connectivity index (χ3v) is 5.55. The smallest absolute Gasteiger partial charge is 0.266 e. The van der Waals surface area contributed by atoms with Crippen molar-refractivity contribution in [3.8, 4) is 0 Å². The number of aryl methyl sites for hydroxylation is 1. The van der Waals surface area contributed by atoms with Crippen LogP contribution in [0.2, 0.25) is 0 Å². The van der Waals surface area contributed by atoms with Crippen LogP contribution in [0, 0.1) is 12.7 Å². The Morgan fingerprint density at radius 2 is 1.84 bits per heavy atom. The molecule has 1 aliphatic carbocycles. The molecule has 164 valence electrons. The van der Waals surface area contributed by atoms with Crippen LogP contribution in [0.4, 0.5) is 27.8 Å². The van der Waals surface area contributed by atoms with Gasteiger partial charge in [-0.3, -0.25) is 4.79 Å². The van der Waals surface area contributed by atoms with E-state index in [1.54, 1.807) is 0 Å². The summed E-state index contributed by atoms with van der Waals surface area (Å²) in [6.45, 7) is 1.43. The number of anilines is 1. The molecule has 31 heavy (non-hydrogen) atoms. The Bertz CT molecular complexity index is 1210. The van der Waals surface area contributed by atoms with Crippen LogP contribution >= 0.6 is 0 Å². The third kappa shape index (κ3) is 3.42. The summed E-state index contributed by atoms with van der Waals surface area (Å²) in [5.41, 5.74) is -3.28. The lowest BCUT2D eigenvalue weighted by atomic mass is 10.1. The van der Waals surface area contributed by atoms with Gasteiger partial charge in [0, 0.05) is 17.3 Å². The van der Waals surface area contributed by atoms with Gasteiger partial charge >= 0.3 is 0 Å². The maximum atomic E-state index is 14.4. The Morgan fingerprint density at radius 1 is 1.16 bits per heavy atom. The topological polar surface area (TPSA) is 80.0 Å². The average Bonchev–Trinajstić information content (AvgIpc) is 3.53. The number of fused-ring (bicyclic) bond motifs is 1. The fraction of sp³-hybridized carbons (Fsp3) is 0.350. The highest BCUT2D eigenvalue weighted by molar-refractivity contribution is 5.90. The molecule has 0 radical (unpaired) electrons. The number of benzene rings is 1.